The number of hydrogen-bond donors (Lipinski definition) is 1. The van der Waals surface area contributed by atoms with Crippen LogP contribution in [0.15, 0.2) is 24.3 Å². The number of piperazine rings is 1. The van der Waals surface area contributed by atoms with E-state index < -0.39 is 0 Å². The molecule has 0 atom stereocenters. The molecule has 2 aliphatic rings. The average Bonchev–Trinajstić information content (AvgIpc) is 3.04. The Morgan fingerprint density at radius 3 is 2.71 bits per heavy atom. The third-order valence-electron chi connectivity index (χ3n) is 5.56. The number of nitrogens with one attached hydrogen (secondary N) is 1. The van der Waals surface area contributed by atoms with Gasteiger partial charge in [-0.15, -0.1) is 10.2 Å². The lowest BCUT2D eigenvalue weighted by atomic mass is 10.1. The van der Waals surface area contributed by atoms with Crippen molar-refractivity contribution in [3.05, 3.63) is 41.5 Å². The fraction of sp³-hybridized carbons (Fsp3) is 0.579. The average molecular weight is 326 g/mol. The van der Waals surface area contributed by atoms with Gasteiger partial charge < -0.3 is 14.4 Å². The Hall–Kier alpha value is -1.88. The molecule has 128 valence electrons. The fourth-order valence-electron chi connectivity index (χ4n) is 4.07. The van der Waals surface area contributed by atoms with Crippen molar-refractivity contribution in [1.82, 2.24) is 14.8 Å². The number of quaternary nitrogens is 1. The summed E-state index contributed by atoms with van der Waals surface area (Å²) in [7, 11) is 0. The SMILES string of the molecule is Cc1ccccc1N1CC[NH+](CCc2nnc3n2CCCC3)CC1. The predicted octanol–water partition coefficient (Wildman–Crippen LogP) is 0.870. The van der Waals surface area contributed by atoms with E-state index in [-0.39, 0.29) is 0 Å². The highest BCUT2D eigenvalue weighted by atomic mass is 15.3. The molecule has 0 radical (unpaired) electrons. The zero-order chi connectivity index (χ0) is 16.4. The van der Waals surface area contributed by atoms with Gasteiger partial charge in [0.1, 0.15) is 11.6 Å². The first-order chi connectivity index (χ1) is 11.8. The van der Waals surface area contributed by atoms with E-state index in [0.717, 1.165) is 32.5 Å². The van der Waals surface area contributed by atoms with Crippen molar-refractivity contribution in [3.8, 4) is 0 Å². The molecule has 1 aromatic carbocycles. The summed E-state index contributed by atoms with van der Waals surface area (Å²) in [5, 5.41) is 8.82. The van der Waals surface area contributed by atoms with E-state index in [1.54, 1.807) is 4.90 Å². The maximum atomic E-state index is 4.45. The van der Waals surface area contributed by atoms with Crippen LogP contribution in [0.1, 0.15) is 30.1 Å². The van der Waals surface area contributed by atoms with Crippen LogP contribution in [0.3, 0.4) is 0 Å². The van der Waals surface area contributed by atoms with Gasteiger partial charge in [0, 0.05) is 18.7 Å². The number of benzene rings is 1. The molecule has 0 unspecified atom stereocenters. The Morgan fingerprint density at radius 1 is 1.04 bits per heavy atom. The number of aromatic nitrogens is 3. The molecule has 0 bridgehead atoms. The Bertz CT molecular complexity index is 685. The van der Waals surface area contributed by atoms with Crippen molar-refractivity contribution in [3.63, 3.8) is 0 Å². The van der Waals surface area contributed by atoms with Crippen molar-refractivity contribution >= 4 is 5.69 Å². The van der Waals surface area contributed by atoms with Gasteiger partial charge in [-0.3, -0.25) is 0 Å². The molecule has 0 saturated carbocycles. The van der Waals surface area contributed by atoms with E-state index in [1.165, 1.54) is 55.4 Å². The first-order valence-electron chi connectivity index (χ1n) is 9.36. The molecule has 0 aliphatic carbocycles. The number of rotatable bonds is 4. The smallest absolute Gasteiger partial charge is 0.138 e. The molecule has 1 saturated heterocycles. The van der Waals surface area contributed by atoms with Gasteiger partial charge in [-0.2, -0.15) is 0 Å². The van der Waals surface area contributed by atoms with Crippen LogP contribution in [0.2, 0.25) is 0 Å². The summed E-state index contributed by atoms with van der Waals surface area (Å²) in [6.45, 7) is 9.25. The van der Waals surface area contributed by atoms with Crippen molar-refractivity contribution in [2.75, 3.05) is 37.6 Å². The summed E-state index contributed by atoms with van der Waals surface area (Å²) in [5.41, 5.74) is 2.79. The molecule has 24 heavy (non-hydrogen) atoms. The molecule has 1 aromatic heterocycles. The summed E-state index contributed by atoms with van der Waals surface area (Å²) in [5.74, 6) is 2.41. The summed E-state index contributed by atoms with van der Waals surface area (Å²) in [4.78, 5) is 4.24. The summed E-state index contributed by atoms with van der Waals surface area (Å²) >= 11 is 0. The first-order valence-corrected chi connectivity index (χ1v) is 9.36. The number of fused-ring (bicyclic) bond motifs is 1. The Balaban J connectivity index is 1.31. The standard InChI is InChI=1S/C19H27N5/c1-16-6-2-3-7-17(16)23-14-12-22(13-15-23)11-9-19-21-20-18-8-4-5-10-24(18)19/h2-3,6-7H,4-5,8-15H2,1H3/p+1. The van der Waals surface area contributed by atoms with E-state index in [1.807, 2.05) is 0 Å². The van der Waals surface area contributed by atoms with E-state index in [2.05, 4.69) is 50.9 Å². The van der Waals surface area contributed by atoms with Gasteiger partial charge in [-0.05, 0) is 31.4 Å². The van der Waals surface area contributed by atoms with Gasteiger partial charge in [0.15, 0.2) is 0 Å². The van der Waals surface area contributed by atoms with E-state index in [0.29, 0.717) is 0 Å². The van der Waals surface area contributed by atoms with Crippen molar-refractivity contribution in [1.29, 1.82) is 0 Å². The lowest BCUT2D eigenvalue weighted by Crippen LogP contribution is -3.15. The molecule has 2 aromatic rings. The number of para-hydroxylation sites is 1. The second-order valence-electron chi connectivity index (χ2n) is 7.16. The van der Waals surface area contributed by atoms with Crippen LogP contribution >= 0.6 is 0 Å². The van der Waals surface area contributed by atoms with Gasteiger partial charge in [-0.25, -0.2) is 0 Å². The molecule has 4 rings (SSSR count). The molecule has 0 spiro atoms. The molecule has 1 N–H and O–H groups in total. The van der Waals surface area contributed by atoms with Gasteiger partial charge in [-0.1, -0.05) is 18.2 Å². The predicted molar refractivity (Wildman–Crippen MR) is 95.6 cm³/mol. The lowest BCUT2D eigenvalue weighted by Gasteiger charge is -2.34. The van der Waals surface area contributed by atoms with E-state index >= 15 is 0 Å². The Morgan fingerprint density at radius 2 is 1.88 bits per heavy atom. The summed E-state index contributed by atoms with van der Waals surface area (Å²) in [6.07, 6.45) is 4.71. The first kappa shape index (κ1) is 15.6. The second-order valence-corrected chi connectivity index (χ2v) is 7.16. The molecule has 5 nitrogen and oxygen atoms in total. The molecule has 2 aliphatic heterocycles. The number of hydrogen-bond acceptors (Lipinski definition) is 3. The quantitative estimate of drug-likeness (QED) is 0.906. The Kier molecular flexibility index (Phi) is 4.52. The van der Waals surface area contributed by atoms with E-state index in [9.17, 15) is 0 Å². The normalized spacial score (nSPS) is 18.6. The third kappa shape index (κ3) is 3.18. The van der Waals surface area contributed by atoms with Crippen LogP contribution in [0, 0.1) is 6.92 Å². The van der Waals surface area contributed by atoms with Crippen molar-refractivity contribution in [2.24, 2.45) is 0 Å². The minimum absolute atomic E-state index is 1.06. The minimum Gasteiger partial charge on any atom is -0.360 e. The monoisotopic (exact) mass is 326 g/mol. The van der Waals surface area contributed by atoms with Crippen LogP contribution < -0.4 is 9.80 Å². The summed E-state index contributed by atoms with van der Waals surface area (Å²) in [6, 6.07) is 8.74. The van der Waals surface area contributed by atoms with Crippen molar-refractivity contribution < 1.29 is 4.90 Å². The van der Waals surface area contributed by atoms with Crippen molar-refractivity contribution in [2.45, 2.75) is 39.2 Å². The highest BCUT2D eigenvalue weighted by Gasteiger charge is 2.22. The maximum Gasteiger partial charge on any atom is 0.138 e. The zero-order valence-electron chi connectivity index (χ0n) is 14.7. The highest BCUT2D eigenvalue weighted by Crippen LogP contribution is 2.19. The number of nitrogens with zero attached hydrogens (tertiary/aromatic N) is 4. The van der Waals surface area contributed by atoms with Crippen LogP contribution in [-0.4, -0.2) is 47.5 Å². The number of aryl methyl sites for hydroxylation is 2. The van der Waals surface area contributed by atoms with Crippen LogP contribution in [0.4, 0.5) is 5.69 Å². The largest absolute Gasteiger partial charge is 0.360 e. The highest BCUT2D eigenvalue weighted by molar-refractivity contribution is 5.53. The lowest BCUT2D eigenvalue weighted by molar-refractivity contribution is -0.900. The molecule has 1 fully saturated rings. The molecular weight excluding hydrogens is 298 g/mol. The van der Waals surface area contributed by atoms with Gasteiger partial charge in [0.2, 0.25) is 0 Å². The van der Waals surface area contributed by atoms with Gasteiger partial charge >= 0.3 is 0 Å². The zero-order valence-corrected chi connectivity index (χ0v) is 14.7. The van der Waals surface area contributed by atoms with E-state index in [4.69, 9.17) is 0 Å². The van der Waals surface area contributed by atoms with Crippen LogP contribution in [0.5, 0.6) is 0 Å². The Labute approximate surface area is 144 Å². The minimum atomic E-state index is 1.06. The van der Waals surface area contributed by atoms with Crippen LogP contribution in [-0.2, 0) is 19.4 Å². The molecule has 3 heterocycles. The summed E-state index contributed by atoms with van der Waals surface area (Å²) < 4.78 is 2.37. The van der Waals surface area contributed by atoms with Gasteiger partial charge in [0.05, 0.1) is 39.1 Å². The maximum absolute atomic E-state index is 4.45. The van der Waals surface area contributed by atoms with Crippen LogP contribution in [0.25, 0.3) is 0 Å². The third-order valence-corrected chi connectivity index (χ3v) is 5.56. The molecular formula is C19H28N5+. The molecule has 0 amide bonds. The topological polar surface area (TPSA) is 38.4 Å². The van der Waals surface area contributed by atoms with Gasteiger partial charge in [0.25, 0.3) is 0 Å². The second kappa shape index (κ2) is 6.93. The number of anilines is 1. The molecule has 5 heteroatoms. The fourth-order valence-corrected chi connectivity index (χ4v) is 4.07.